The molecule has 1 aromatic carbocycles. The molecule has 2 rings (SSSR count). The molecule has 1 aliphatic carbocycles. The third kappa shape index (κ3) is 3.79. The van der Waals surface area contributed by atoms with Crippen molar-refractivity contribution in [2.45, 2.75) is 38.7 Å². The van der Waals surface area contributed by atoms with Crippen molar-refractivity contribution < 1.29 is 24.1 Å². The molecule has 124 valence electrons. The summed E-state index contributed by atoms with van der Waals surface area (Å²) in [7, 11) is 0. The predicted octanol–water partition coefficient (Wildman–Crippen LogP) is 1.43. The predicted molar refractivity (Wildman–Crippen MR) is 84.0 cm³/mol. The Bertz CT molecular complexity index is 660. The highest BCUT2D eigenvalue weighted by Crippen LogP contribution is 2.35. The Labute approximate surface area is 137 Å². The van der Waals surface area contributed by atoms with Gasteiger partial charge in [0.2, 0.25) is 5.71 Å². The average Bonchev–Trinajstić information content (AvgIpc) is 2.96. The van der Waals surface area contributed by atoms with Crippen LogP contribution in [0.2, 0.25) is 5.02 Å². The van der Waals surface area contributed by atoms with Crippen molar-refractivity contribution in [3.8, 4) is 5.75 Å². The lowest BCUT2D eigenvalue weighted by molar-refractivity contribution is -0.134. The van der Waals surface area contributed by atoms with E-state index in [-0.39, 0.29) is 28.3 Å². The second kappa shape index (κ2) is 6.95. The van der Waals surface area contributed by atoms with Crippen molar-refractivity contribution in [3.05, 3.63) is 23.0 Å². The first kappa shape index (κ1) is 17.2. The summed E-state index contributed by atoms with van der Waals surface area (Å²) in [6, 6.07) is 1.03. The van der Waals surface area contributed by atoms with E-state index in [1.54, 1.807) is 0 Å². The molecule has 0 spiro atoms. The van der Waals surface area contributed by atoms with E-state index in [0.29, 0.717) is 4.90 Å². The van der Waals surface area contributed by atoms with Gasteiger partial charge in [-0.25, -0.2) is 14.1 Å². The van der Waals surface area contributed by atoms with Crippen LogP contribution in [0.4, 0.5) is 14.9 Å². The zero-order chi connectivity index (χ0) is 17.1. The topological polar surface area (TPSA) is 98.2 Å². The lowest BCUT2D eigenvalue weighted by Crippen LogP contribution is -2.53. The molecular weight excluding hydrogens is 325 g/mol. The fraction of sp³-hybridized carbons (Fsp3) is 0.400. The van der Waals surface area contributed by atoms with E-state index in [4.69, 9.17) is 27.5 Å². The monoisotopic (exact) mass is 342 g/mol. The lowest BCUT2D eigenvalue weighted by atomic mass is 10.2. The molecule has 0 unspecified atom stereocenters. The summed E-state index contributed by atoms with van der Waals surface area (Å²) in [5.74, 6) is -1.57. The first-order valence-corrected chi connectivity index (χ1v) is 7.57. The molecule has 3 amide bonds. The molecule has 1 saturated carbocycles. The second-order valence-electron chi connectivity index (χ2n) is 5.42. The summed E-state index contributed by atoms with van der Waals surface area (Å²) in [6.07, 6.45) is 3.81. The zero-order valence-electron chi connectivity index (χ0n) is 12.6. The molecule has 0 radical (unpaired) electrons. The molecule has 0 saturated heterocycles. The van der Waals surface area contributed by atoms with Gasteiger partial charge in [-0.2, -0.15) is 0 Å². The van der Waals surface area contributed by atoms with Crippen LogP contribution in [0.1, 0.15) is 32.6 Å². The first-order chi connectivity index (χ1) is 10.8. The van der Waals surface area contributed by atoms with Crippen molar-refractivity contribution in [1.82, 2.24) is 0 Å². The summed E-state index contributed by atoms with van der Waals surface area (Å²) in [4.78, 5) is 24.0. The van der Waals surface area contributed by atoms with Crippen LogP contribution in [0, 0.1) is 5.82 Å². The molecule has 6 nitrogen and oxygen atoms in total. The summed E-state index contributed by atoms with van der Waals surface area (Å²) >= 11 is 5.99. The number of carbonyl (C=O) groups excluding carboxylic acids is 2. The number of nitrogens with zero attached hydrogens (tertiary/aromatic N) is 1. The Balaban J connectivity index is 2.41. The van der Waals surface area contributed by atoms with Crippen LogP contribution < -0.4 is 20.8 Å². The Morgan fingerprint density at radius 1 is 1.39 bits per heavy atom. The van der Waals surface area contributed by atoms with Crippen LogP contribution in [0.5, 0.6) is 5.75 Å². The number of anilines is 1. The van der Waals surface area contributed by atoms with Crippen molar-refractivity contribution >= 4 is 34.9 Å². The van der Waals surface area contributed by atoms with Gasteiger partial charge < -0.3 is 10.5 Å². The highest BCUT2D eigenvalue weighted by atomic mass is 35.5. The van der Waals surface area contributed by atoms with Crippen molar-refractivity contribution in [3.63, 3.8) is 0 Å². The normalized spacial score (nSPS) is 14.6. The van der Waals surface area contributed by atoms with Crippen LogP contribution in [-0.4, -0.2) is 23.8 Å². The van der Waals surface area contributed by atoms with E-state index in [1.165, 1.54) is 13.0 Å². The number of rotatable bonds is 4. The number of halogens is 2. The molecular formula is C15H18ClFN3O3+. The van der Waals surface area contributed by atoms with Crippen LogP contribution in [-0.2, 0) is 4.79 Å². The highest BCUT2D eigenvalue weighted by molar-refractivity contribution is 6.45. The summed E-state index contributed by atoms with van der Waals surface area (Å²) in [5.41, 5.74) is 4.64. The quantitative estimate of drug-likeness (QED) is 0.810. The van der Waals surface area contributed by atoms with E-state index in [9.17, 15) is 14.0 Å². The van der Waals surface area contributed by atoms with E-state index < -0.39 is 17.8 Å². The third-order valence-corrected chi connectivity index (χ3v) is 3.89. The maximum absolute atomic E-state index is 14.2. The van der Waals surface area contributed by atoms with Gasteiger partial charge in [-0.15, -0.1) is 0 Å². The zero-order valence-corrected chi connectivity index (χ0v) is 13.4. The van der Waals surface area contributed by atoms with Gasteiger partial charge in [-0.1, -0.05) is 11.6 Å². The number of ether oxygens (including phenoxy) is 1. The average molecular weight is 343 g/mol. The number of urea groups is 1. The maximum Gasteiger partial charge on any atom is 0.326 e. The molecule has 1 fully saturated rings. The molecule has 0 aromatic heterocycles. The summed E-state index contributed by atoms with van der Waals surface area (Å²) < 4.78 is 19.9. The third-order valence-electron chi connectivity index (χ3n) is 3.60. The van der Waals surface area contributed by atoms with Gasteiger partial charge in [0.25, 0.3) is 0 Å². The number of imide groups is 1. The number of nitrogens with two attached hydrogens (primary N) is 2. The fourth-order valence-electron chi connectivity index (χ4n) is 2.47. The molecule has 1 aromatic rings. The minimum absolute atomic E-state index is 0.0219. The van der Waals surface area contributed by atoms with E-state index in [2.05, 4.69) is 0 Å². The van der Waals surface area contributed by atoms with Gasteiger partial charge in [0.15, 0.2) is 0 Å². The number of hydrogen-bond acceptors (Lipinski definition) is 3. The van der Waals surface area contributed by atoms with E-state index in [0.717, 1.165) is 31.7 Å². The SMILES string of the molecule is CC(=[NH2+])C(=O)N(C(N)=O)c1cc(OC2CCCC2)c(Cl)cc1F. The van der Waals surface area contributed by atoms with Gasteiger partial charge >= 0.3 is 11.9 Å². The summed E-state index contributed by atoms with van der Waals surface area (Å²) in [6.45, 7) is 1.29. The van der Waals surface area contributed by atoms with Gasteiger partial charge in [-0.3, -0.25) is 10.2 Å². The number of hydrogen-bond donors (Lipinski definition) is 2. The van der Waals surface area contributed by atoms with E-state index >= 15 is 0 Å². The smallest absolute Gasteiger partial charge is 0.326 e. The highest BCUT2D eigenvalue weighted by Gasteiger charge is 2.29. The maximum atomic E-state index is 14.2. The second-order valence-corrected chi connectivity index (χ2v) is 5.83. The first-order valence-electron chi connectivity index (χ1n) is 7.20. The largest absolute Gasteiger partial charge is 0.489 e. The van der Waals surface area contributed by atoms with Crippen LogP contribution >= 0.6 is 11.6 Å². The molecule has 1 aliphatic rings. The molecule has 8 heteroatoms. The lowest BCUT2D eigenvalue weighted by Gasteiger charge is -2.20. The molecule has 0 bridgehead atoms. The Morgan fingerprint density at radius 2 is 2.00 bits per heavy atom. The molecule has 23 heavy (non-hydrogen) atoms. The molecule has 0 heterocycles. The van der Waals surface area contributed by atoms with Crippen molar-refractivity contribution in [2.24, 2.45) is 5.73 Å². The van der Waals surface area contributed by atoms with Crippen molar-refractivity contribution in [2.75, 3.05) is 4.90 Å². The summed E-state index contributed by atoms with van der Waals surface area (Å²) in [5, 5.41) is 5.46. The molecule has 0 atom stereocenters. The number of primary amides is 1. The van der Waals surface area contributed by atoms with E-state index in [1.807, 2.05) is 0 Å². The minimum atomic E-state index is -1.15. The van der Waals surface area contributed by atoms with Gasteiger partial charge in [-0.05, 0) is 31.7 Å². The van der Waals surface area contributed by atoms with Crippen LogP contribution in [0.3, 0.4) is 0 Å². The van der Waals surface area contributed by atoms with Gasteiger partial charge in [0.05, 0.1) is 16.8 Å². The van der Waals surface area contributed by atoms with Crippen molar-refractivity contribution in [1.29, 1.82) is 0 Å². The molecule has 0 aliphatic heterocycles. The van der Waals surface area contributed by atoms with Gasteiger partial charge in [0.1, 0.15) is 11.6 Å². The van der Waals surface area contributed by atoms with Gasteiger partial charge in [0, 0.05) is 13.0 Å². The molecule has 4 N–H and O–H groups in total. The minimum Gasteiger partial charge on any atom is -0.489 e. The number of amides is 3. The standard InChI is InChI=1S/C15H17ClFN3O3/c1-8(18)14(21)20(15(19)22)12-7-13(10(16)6-11(12)17)23-9-4-2-3-5-9/h6-7,9,18H,2-5H2,1H3,(H2,19,22)/p+1. The fourth-order valence-corrected chi connectivity index (χ4v) is 2.67. The van der Waals surface area contributed by atoms with Crippen LogP contribution in [0.15, 0.2) is 12.1 Å². The Hall–Kier alpha value is -2.15. The van der Waals surface area contributed by atoms with Crippen LogP contribution in [0.25, 0.3) is 0 Å². The number of carbonyl (C=O) groups is 2. The Kier molecular flexibility index (Phi) is 5.20. The number of benzene rings is 1. The Morgan fingerprint density at radius 3 is 2.52 bits per heavy atom.